The molecule has 0 aromatic heterocycles. The molecule has 0 fully saturated rings. The summed E-state index contributed by atoms with van der Waals surface area (Å²) in [6.45, 7) is 26.5. The van der Waals surface area contributed by atoms with Crippen LogP contribution in [0.3, 0.4) is 0 Å². The molecule has 0 N–H and O–H groups in total. The maximum atomic E-state index is 4.04. The van der Waals surface area contributed by atoms with Gasteiger partial charge in [0.25, 0.3) is 0 Å². The Hall–Kier alpha value is 2.08. The first kappa shape index (κ1) is 26.0. The summed E-state index contributed by atoms with van der Waals surface area (Å²) in [6.07, 6.45) is 0. The quantitative estimate of drug-likeness (QED) is 0.141. The van der Waals surface area contributed by atoms with Crippen molar-refractivity contribution in [2.24, 2.45) is 21.7 Å². The van der Waals surface area contributed by atoms with E-state index in [1.807, 2.05) is 0 Å². The Morgan fingerprint density at radius 2 is 0.947 bits per heavy atom. The molecule has 0 unspecified atom stereocenters. The van der Waals surface area contributed by atoms with E-state index in [9.17, 15) is 0 Å². The van der Waals surface area contributed by atoms with Crippen molar-refractivity contribution < 1.29 is 14.8 Å². The fraction of sp³-hybridized carbons (Fsp3) is 0.938. The van der Waals surface area contributed by atoms with Gasteiger partial charge in [-0.05, 0) is 10.8 Å². The van der Waals surface area contributed by atoms with Crippen LogP contribution in [0.2, 0.25) is 0 Å². The van der Waals surface area contributed by atoms with E-state index >= 15 is 0 Å². The molecule has 0 bridgehead atoms. The van der Waals surface area contributed by atoms with Crippen molar-refractivity contribution in [1.82, 2.24) is 0 Å². The van der Waals surface area contributed by atoms with Crippen LogP contribution in [0.25, 0.3) is 0 Å². The van der Waals surface area contributed by atoms with Crippen LogP contribution in [-0.2, 0) is 14.8 Å². The molecule has 114 valence electrons. The van der Waals surface area contributed by atoms with E-state index in [4.69, 9.17) is 0 Å². The number of rotatable bonds is 1. The summed E-state index contributed by atoms with van der Waals surface area (Å²) in [5, 5.41) is 0. The van der Waals surface area contributed by atoms with Crippen LogP contribution in [0.1, 0.15) is 69.2 Å². The van der Waals surface area contributed by atoms with E-state index in [-0.39, 0.29) is 5.41 Å². The molecule has 0 aromatic carbocycles. The molecule has 0 saturated carbocycles. The van der Waals surface area contributed by atoms with E-state index in [1.54, 1.807) is 0 Å². The van der Waals surface area contributed by atoms with Crippen molar-refractivity contribution in [2.75, 3.05) is 4.43 Å². The zero-order valence-electron chi connectivity index (χ0n) is 14.9. The molecule has 0 aliphatic rings. The Kier molecular flexibility index (Phi) is 13.6. The van der Waals surface area contributed by atoms with Gasteiger partial charge in [0, 0.05) is 4.43 Å². The van der Waals surface area contributed by atoms with E-state index in [1.165, 1.54) is 19.2 Å². The van der Waals surface area contributed by atoms with Crippen LogP contribution in [0.15, 0.2) is 0 Å². The molecule has 0 amide bonds. The van der Waals surface area contributed by atoms with Gasteiger partial charge in [-0.15, -0.1) is 0 Å². The summed E-state index contributed by atoms with van der Waals surface area (Å²) < 4.78 is 1.23. The second-order valence-electron chi connectivity index (χ2n) is 8.40. The van der Waals surface area contributed by atoms with Crippen molar-refractivity contribution in [3.05, 3.63) is 6.92 Å². The average Bonchev–Trinajstić information content (AvgIpc) is 2.17. The third-order valence-electron chi connectivity index (χ3n) is 4.39. The van der Waals surface area contributed by atoms with E-state index in [0.717, 1.165) is 0 Å². The minimum atomic E-state index is 0.188. The van der Waals surface area contributed by atoms with E-state index in [2.05, 4.69) is 119 Å². The van der Waals surface area contributed by atoms with Crippen LogP contribution in [-0.4, -0.2) is 4.43 Å². The Labute approximate surface area is 158 Å². The zero-order valence-corrected chi connectivity index (χ0v) is 22.2. The number of hydrogen-bond donors (Lipinski definition) is 0. The minimum absolute atomic E-state index is 0.188. The van der Waals surface area contributed by atoms with Crippen LogP contribution < -0.4 is 0 Å². The molecule has 3 heteroatoms. The maximum absolute atomic E-state index is 4.04. The van der Waals surface area contributed by atoms with Crippen LogP contribution >= 0.6 is 42.3 Å². The zero-order chi connectivity index (χ0) is 16.7. The second-order valence-corrected chi connectivity index (χ2v) is 9.16. The molecule has 0 aliphatic carbocycles. The van der Waals surface area contributed by atoms with Gasteiger partial charge in [0.1, 0.15) is 0 Å². The fourth-order valence-electron chi connectivity index (χ4n) is 0.200. The first-order valence-corrected chi connectivity index (χ1v) is 17.3. The van der Waals surface area contributed by atoms with Gasteiger partial charge in [-0.1, -0.05) is 97.2 Å². The van der Waals surface area contributed by atoms with Crippen LogP contribution in [0.4, 0.5) is 0 Å². The standard InChI is InChI=1S/C8H17I.C8H17.HI.Zn/c1-7(2,3)8(4,5)6-9;1-7(2,3)8(4,5)6;;/h6H2,1-5H3;1H2,2-6H3;1H;/q;-1;;+2/p-1. The number of alkyl halides is 1. The van der Waals surface area contributed by atoms with Gasteiger partial charge in [0.05, 0.1) is 0 Å². The molecule has 0 aliphatic heterocycles. The molecule has 0 aromatic rings. The van der Waals surface area contributed by atoms with Gasteiger partial charge in [0.15, 0.2) is 0 Å². The van der Waals surface area contributed by atoms with Crippen molar-refractivity contribution in [3.63, 3.8) is 0 Å². The molecule has 0 rings (SSSR count). The second kappa shape index (κ2) is 9.97. The van der Waals surface area contributed by atoms with Crippen LogP contribution in [0, 0.1) is 28.6 Å². The molecule has 0 nitrogen and oxygen atoms in total. The Morgan fingerprint density at radius 3 is 0.947 bits per heavy atom. The van der Waals surface area contributed by atoms with Crippen molar-refractivity contribution in [2.45, 2.75) is 69.2 Å². The fourth-order valence-corrected chi connectivity index (χ4v) is 1.34. The third-order valence-corrected chi connectivity index (χ3v) is 6.30. The van der Waals surface area contributed by atoms with Gasteiger partial charge >= 0.3 is 34.5 Å². The molecule has 19 heavy (non-hydrogen) atoms. The molecule has 0 atom stereocenters. The molecular weight excluding hydrogens is 511 g/mol. The summed E-state index contributed by atoms with van der Waals surface area (Å²) >= 11 is 6.08. The molecule has 0 radical (unpaired) electrons. The average molecular weight is 546 g/mol. The van der Waals surface area contributed by atoms with Crippen molar-refractivity contribution in [3.8, 4) is 0 Å². The first-order chi connectivity index (χ1) is 8.06. The van der Waals surface area contributed by atoms with Crippen molar-refractivity contribution in [1.29, 1.82) is 0 Å². The summed E-state index contributed by atoms with van der Waals surface area (Å²) in [4.78, 5) is 0. The van der Waals surface area contributed by atoms with E-state index < -0.39 is 0 Å². The summed E-state index contributed by atoms with van der Waals surface area (Å²) in [5.74, 6) is 0. The van der Waals surface area contributed by atoms with E-state index in [0.29, 0.717) is 16.2 Å². The van der Waals surface area contributed by atoms with Gasteiger partial charge in [-0.25, -0.2) is 0 Å². The Bertz CT molecular complexity index is 202. The summed E-state index contributed by atoms with van der Waals surface area (Å²) in [6, 6.07) is 0. The summed E-state index contributed by atoms with van der Waals surface area (Å²) in [5.41, 5.74) is 1.42. The first-order valence-electron chi connectivity index (χ1n) is 6.74. The van der Waals surface area contributed by atoms with Crippen molar-refractivity contribution >= 4 is 42.3 Å². The van der Waals surface area contributed by atoms with Crippen LogP contribution in [0.5, 0.6) is 0 Å². The topological polar surface area (TPSA) is 0 Å². The van der Waals surface area contributed by atoms with Gasteiger partial charge in [0.2, 0.25) is 0 Å². The number of hydrogen-bond acceptors (Lipinski definition) is 0. The molecule has 0 heterocycles. The van der Waals surface area contributed by atoms with Gasteiger partial charge in [-0.2, -0.15) is 5.41 Å². The predicted molar refractivity (Wildman–Crippen MR) is 105 cm³/mol. The third kappa shape index (κ3) is 12.3. The molecule has 0 spiro atoms. The predicted octanol–water partition coefficient (Wildman–Crippen LogP) is 7.27. The monoisotopic (exact) mass is 544 g/mol. The Balaban J connectivity index is -0.000000239. The van der Waals surface area contributed by atoms with Gasteiger partial charge < -0.3 is 6.92 Å². The normalized spacial score (nSPS) is 13.0. The SMILES string of the molecule is CC(C)(C)C(C)(C)CI.[CH2-]C(C)(C)C(C)(C)C.[Zn+][I]. The Morgan fingerprint density at radius 1 is 0.737 bits per heavy atom. The molecular formula is C16H34I2Zn. The van der Waals surface area contributed by atoms with Gasteiger partial charge in [-0.3, -0.25) is 0 Å². The number of halogens is 2. The molecule has 0 saturated heterocycles. The summed E-state index contributed by atoms with van der Waals surface area (Å²) in [7, 11) is 0.